The van der Waals surface area contributed by atoms with Crippen LogP contribution in [0.15, 0.2) is 0 Å². The average Bonchev–Trinajstić information content (AvgIpc) is 1.88. The third-order valence-electron chi connectivity index (χ3n) is 1.96. The Morgan fingerprint density at radius 3 is 2.64 bits per heavy atom. The molecule has 0 bridgehead atoms. The van der Waals surface area contributed by atoms with E-state index in [1.165, 1.54) is 0 Å². The van der Waals surface area contributed by atoms with E-state index in [9.17, 15) is 4.79 Å². The van der Waals surface area contributed by atoms with E-state index in [4.69, 9.17) is 5.11 Å². The molecule has 0 aromatic carbocycles. The second kappa shape index (κ2) is 4.57. The maximum atomic E-state index is 10.4. The molecule has 0 spiro atoms. The number of hydrogen-bond acceptors (Lipinski definition) is 2. The molecule has 0 aliphatic carbocycles. The van der Waals surface area contributed by atoms with Gasteiger partial charge in [0.2, 0.25) is 0 Å². The SMILES string of the molecule is C[C@H]1CCN[C@H](C(=O)O)C1.Cl. The Hall–Kier alpha value is -0.280. The lowest BCUT2D eigenvalue weighted by Crippen LogP contribution is -2.42. The Kier molecular flexibility index (Phi) is 4.45. The standard InChI is InChI=1S/C7H13NO2.ClH/c1-5-2-3-8-6(4-5)7(9)10;/h5-6,8H,2-4H2,1H3,(H,9,10);1H/t5-,6-;/m0./s1. The molecule has 11 heavy (non-hydrogen) atoms. The van der Waals surface area contributed by atoms with Gasteiger partial charge in [-0.15, -0.1) is 12.4 Å². The molecular formula is C7H14ClNO2. The molecule has 1 heterocycles. The third-order valence-corrected chi connectivity index (χ3v) is 1.96. The molecule has 1 saturated heterocycles. The summed E-state index contributed by atoms with van der Waals surface area (Å²) in [6.07, 6.45) is 1.87. The van der Waals surface area contributed by atoms with Crippen LogP contribution in [0.2, 0.25) is 0 Å². The highest BCUT2D eigenvalue weighted by molar-refractivity contribution is 5.85. The van der Waals surface area contributed by atoms with Crippen LogP contribution in [0.25, 0.3) is 0 Å². The molecule has 1 aliphatic heterocycles. The van der Waals surface area contributed by atoms with Crippen molar-refractivity contribution >= 4 is 18.4 Å². The van der Waals surface area contributed by atoms with Crippen molar-refractivity contribution in [2.45, 2.75) is 25.8 Å². The number of carbonyl (C=O) groups is 1. The molecule has 0 aromatic rings. The van der Waals surface area contributed by atoms with Crippen molar-refractivity contribution in [2.75, 3.05) is 6.54 Å². The number of piperidine rings is 1. The summed E-state index contributed by atoms with van der Waals surface area (Å²) in [7, 11) is 0. The summed E-state index contributed by atoms with van der Waals surface area (Å²) >= 11 is 0. The highest BCUT2D eigenvalue weighted by Gasteiger charge is 2.23. The summed E-state index contributed by atoms with van der Waals surface area (Å²) < 4.78 is 0. The van der Waals surface area contributed by atoms with E-state index in [-0.39, 0.29) is 18.4 Å². The zero-order valence-electron chi connectivity index (χ0n) is 6.54. The van der Waals surface area contributed by atoms with Crippen LogP contribution >= 0.6 is 12.4 Å². The van der Waals surface area contributed by atoms with E-state index in [2.05, 4.69) is 12.2 Å². The first kappa shape index (κ1) is 10.7. The molecule has 2 atom stereocenters. The van der Waals surface area contributed by atoms with Gasteiger partial charge in [-0.3, -0.25) is 4.79 Å². The third kappa shape index (κ3) is 3.08. The first-order chi connectivity index (χ1) is 4.70. The number of carboxylic acids is 1. The Morgan fingerprint density at radius 2 is 2.27 bits per heavy atom. The van der Waals surface area contributed by atoms with Crippen LogP contribution in [0, 0.1) is 5.92 Å². The lowest BCUT2D eigenvalue weighted by molar-refractivity contribution is -0.140. The van der Waals surface area contributed by atoms with Crippen LogP contribution in [0.4, 0.5) is 0 Å². The van der Waals surface area contributed by atoms with Gasteiger partial charge < -0.3 is 10.4 Å². The van der Waals surface area contributed by atoms with E-state index in [1.54, 1.807) is 0 Å². The number of rotatable bonds is 1. The van der Waals surface area contributed by atoms with Crippen LogP contribution in [-0.4, -0.2) is 23.7 Å². The van der Waals surface area contributed by atoms with Crippen molar-refractivity contribution in [3.05, 3.63) is 0 Å². The van der Waals surface area contributed by atoms with Gasteiger partial charge in [0.15, 0.2) is 0 Å². The fraction of sp³-hybridized carbons (Fsp3) is 0.857. The van der Waals surface area contributed by atoms with Crippen LogP contribution < -0.4 is 5.32 Å². The Labute approximate surface area is 72.6 Å². The molecule has 4 heteroatoms. The number of halogens is 1. The first-order valence-electron chi connectivity index (χ1n) is 3.66. The Balaban J connectivity index is 0.000001000. The van der Waals surface area contributed by atoms with Crippen molar-refractivity contribution in [1.29, 1.82) is 0 Å². The number of carboxylic acid groups (broad SMARTS) is 1. The number of aliphatic carboxylic acids is 1. The van der Waals surface area contributed by atoms with Crippen molar-refractivity contribution in [2.24, 2.45) is 5.92 Å². The summed E-state index contributed by atoms with van der Waals surface area (Å²) in [4.78, 5) is 10.4. The van der Waals surface area contributed by atoms with Crippen LogP contribution in [-0.2, 0) is 4.79 Å². The average molecular weight is 180 g/mol. The largest absolute Gasteiger partial charge is 0.480 e. The van der Waals surface area contributed by atoms with E-state index < -0.39 is 5.97 Å². The Bertz CT molecular complexity index is 140. The molecule has 1 fully saturated rings. The summed E-state index contributed by atoms with van der Waals surface area (Å²) in [5.41, 5.74) is 0. The van der Waals surface area contributed by atoms with E-state index in [0.717, 1.165) is 19.4 Å². The highest BCUT2D eigenvalue weighted by atomic mass is 35.5. The van der Waals surface area contributed by atoms with Gasteiger partial charge in [0.25, 0.3) is 0 Å². The van der Waals surface area contributed by atoms with Gasteiger partial charge in [0.1, 0.15) is 6.04 Å². The van der Waals surface area contributed by atoms with Crippen molar-refractivity contribution in [3.63, 3.8) is 0 Å². The fourth-order valence-corrected chi connectivity index (χ4v) is 1.30. The van der Waals surface area contributed by atoms with Crippen molar-refractivity contribution in [3.8, 4) is 0 Å². The van der Waals surface area contributed by atoms with Gasteiger partial charge in [-0.05, 0) is 25.3 Å². The fourth-order valence-electron chi connectivity index (χ4n) is 1.30. The van der Waals surface area contributed by atoms with Gasteiger partial charge in [-0.25, -0.2) is 0 Å². The molecule has 66 valence electrons. The van der Waals surface area contributed by atoms with Crippen molar-refractivity contribution < 1.29 is 9.90 Å². The van der Waals surface area contributed by atoms with E-state index >= 15 is 0 Å². The maximum Gasteiger partial charge on any atom is 0.320 e. The molecule has 3 nitrogen and oxygen atoms in total. The zero-order valence-corrected chi connectivity index (χ0v) is 7.36. The van der Waals surface area contributed by atoms with E-state index in [0.29, 0.717) is 5.92 Å². The predicted octanol–water partition coefficient (Wildman–Crippen LogP) is 0.881. The summed E-state index contributed by atoms with van der Waals surface area (Å²) in [5.74, 6) is -0.158. The molecule has 0 unspecified atom stereocenters. The predicted molar refractivity (Wildman–Crippen MR) is 45.1 cm³/mol. The van der Waals surface area contributed by atoms with Crippen LogP contribution in [0.1, 0.15) is 19.8 Å². The van der Waals surface area contributed by atoms with Crippen LogP contribution in [0.3, 0.4) is 0 Å². The Morgan fingerprint density at radius 1 is 1.64 bits per heavy atom. The summed E-state index contributed by atoms with van der Waals surface area (Å²) in [5, 5.41) is 11.5. The topological polar surface area (TPSA) is 49.3 Å². The number of hydrogen-bond donors (Lipinski definition) is 2. The first-order valence-corrected chi connectivity index (χ1v) is 3.66. The molecule has 0 aromatic heterocycles. The van der Waals surface area contributed by atoms with Crippen molar-refractivity contribution in [1.82, 2.24) is 5.32 Å². The molecule has 0 amide bonds. The molecular weight excluding hydrogens is 166 g/mol. The summed E-state index contributed by atoms with van der Waals surface area (Å²) in [6.45, 7) is 2.94. The van der Waals surface area contributed by atoms with Gasteiger partial charge in [-0.2, -0.15) is 0 Å². The van der Waals surface area contributed by atoms with Gasteiger partial charge in [0.05, 0.1) is 0 Å². The molecule has 0 saturated carbocycles. The van der Waals surface area contributed by atoms with Gasteiger partial charge >= 0.3 is 5.97 Å². The lowest BCUT2D eigenvalue weighted by Gasteiger charge is -2.24. The maximum absolute atomic E-state index is 10.4. The van der Waals surface area contributed by atoms with Gasteiger partial charge in [-0.1, -0.05) is 6.92 Å². The van der Waals surface area contributed by atoms with Gasteiger partial charge in [0, 0.05) is 0 Å². The second-order valence-electron chi connectivity index (χ2n) is 2.97. The molecule has 1 rings (SSSR count). The molecule has 2 N–H and O–H groups in total. The normalized spacial score (nSPS) is 30.6. The van der Waals surface area contributed by atoms with Crippen LogP contribution in [0.5, 0.6) is 0 Å². The smallest absolute Gasteiger partial charge is 0.320 e. The minimum absolute atomic E-state index is 0. The molecule has 0 radical (unpaired) electrons. The molecule has 1 aliphatic rings. The lowest BCUT2D eigenvalue weighted by atomic mass is 9.94. The zero-order chi connectivity index (χ0) is 7.56. The second-order valence-corrected chi connectivity index (χ2v) is 2.97. The minimum Gasteiger partial charge on any atom is -0.480 e. The highest BCUT2D eigenvalue weighted by Crippen LogP contribution is 2.14. The summed E-state index contributed by atoms with van der Waals surface area (Å²) in [6, 6.07) is -0.302. The quantitative estimate of drug-likeness (QED) is 0.629. The monoisotopic (exact) mass is 179 g/mol. The van der Waals surface area contributed by atoms with E-state index in [1.807, 2.05) is 0 Å². The number of nitrogens with one attached hydrogen (secondary N) is 1. The minimum atomic E-state index is -0.716.